The Morgan fingerprint density at radius 1 is 1.33 bits per heavy atom. The first-order valence-electron chi connectivity index (χ1n) is 7.90. The number of hydrogen-bond donors (Lipinski definition) is 0. The molecule has 2 rings (SSSR count). The molecule has 116 valence electrons. The fraction of sp³-hybridized carbons (Fsp3) is 0.611. The molecule has 1 fully saturated rings. The number of Topliss-reactive ketones (excluding diaryl/α,β-unsaturated/α-hetero) is 1. The molecule has 0 spiro atoms. The van der Waals surface area contributed by atoms with Gasteiger partial charge in [-0.25, -0.2) is 0 Å². The van der Waals surface area contributed by atoms with Gasteiger partial charge in [0.05, 0.1) is 7.11 Å². The van der Waals surface area contributed by atoms with E-state index in [4.69, 9.17) is 9.47 Å². The van der Waals surface area contributed by atoms with Crippen LogP contribution in [0.3, 0.4) is 0 Å². The van der Waals surface area contributed by atoms with Gasteiger partial charge < -0.3 is 9.47 Å². The van der Waals surface area contributed by atoms with Gasteiger partial charge in [0.1, 0.15) is 11.4 Å². The summed E-state index contributed by atoms with van der Waals surface area (Å²) in [7, 11) is 1.64. The zero-order valence-corrected chi connectivity index (χ0v) is 13.4. The maximum Gasteiger partial charge on any atom is 0.168 e. The van der Waals surface area contributed by atoms with Crippen LogP contribution in [-0.4, -0.2) is 25.1 Å². The van der Waals surface area contributed by atoms with Gasteiger partial charge in [-0.05, 0) is 56.2 Å². The van der Waals surface area contributed by atoms with E-state index < -0.39 is 5.60 Å². The summed E-state index contributed by atoms with van der Waals surface area (Å²) < 4.78 is 11.2. The molecule has 1 aliphatic carbocycles. The molecule has 1 saturated carbocycles. The van der Waals surface area contributed by atoms with Crippen LogP contribution in [0.4, 0.5) is 0 Å². The van der Waals surface area contributed by atoms with E-state index in [1.165, 1.54) is 0 Å². The molecule has 0 radical (unpaired) electrons. The Morgan fingerprint density at radius 3 is 2.67 bits per heavy atom. The number of methoxy groups -OCH3 is 1. The molecule has 0 bridgehead atoms. The maximum atomic E-state index is 12.8. The van der Waals surface area contributed by atoms with E-state index in [9.17, 15) is 4.79 Å². The zero-order valence-electron chi connectivity index (χ0n) is 13.4. The highest BCUT2D eigenvalue weighted by Crippen LogP contribution is 2.36. The molecule has 0 N–H and O–H groups in total. The van der Waals surface area contributed by atoms with Crippen LogP contribution in [0.15, 0.2) is 24.3 Å². The molecular formula is C18H26O3. The molecule has 0 aliphatic heterocycles. The molecule has 1 aromatic rings. The van der Waals surface area contributed by atoms with Gasteiger partial charge in [-0.3, -0.25) is 4.79 Å². The summed E-state index contributed by atoms with van der Waals surface area (Å²) in [6.45, 7) is 4.82. The molecule has 21 heavy (non-hydrogen) atoms. The van der Waals surface area contributed by atoms with Crippen molar-refractivity contribution >= 4 is 5.78 Å². The second kappa shape index (κ2) is 7.08. The molecule has 1 aliphatic rings. The normalized spacial score (nSPS) is 25.6. The lowest BCUT2D eigenvalue weighted by Crippen LogP contribution is -2.45. The molecule has 3 nitrogen and oxygen atoms in total. The Morgan fingerprint density at radius 2 is 2.05 bits per heavy atom. The molecule has 1 aromatic carbocycles. The van der Waals surface area contributed by atoms with Crippen molar-refractivity contribution in [1.29, 1.82) is 0 Å². The maximum absolute atomic E-state index is 12.8. The molecule has 0 atom stereocenters. The Bertz CT molecular complexity index is 473. The van der Waals surface area contributed by atoms with E-state index in [2.05, 4.69) is 6.92 Å². The first kappa shape index (κ1) is 16.0. The summed E-state index contributed by atoms with van der Waals surface area (Å²) >= 11 is 0. The highest BCUT2D eigenvalue weighted by atomic mass is 16.5. The third-order valence-electron chi connectivity index (χ3n) is 4.51. The quantitative estimate of drug-likeness (QED) is 0.799. The Labute approximate surface area is 127 Å². The van der Waals surface area contributed by atoms with E-state index in [1.54, 1.807) is 7.11 Å². The van der Waals surface area contributed by atoms with Gasteiger partial charge in [-0.15, -0.1) is 0 Å². The fourth-order valence-electron chi connectivity index (χ4n) is 3.14. The number of benzene rings is 1. The van der Waals surface area contributed by atoms with E-state index in [1.807, 2.05) is 31.2 Å². The molecule has 0 aromatic heterocycles. The van der Waals surface area contributed by atoms with Crippen molar-refractivity contribution in [2.45, 2.75) is 51.6 Å². The predicted octanol–water partition coefficient (Wildman–Crippen LogP) is 3.79. The lowest BCUT2D eigenvalue weighted by Gasteiger charge is -2.38. The van der Waals surface area contributed by atoms with Gasteiger partial charge in [-0.1, -0.05) is 19.1 Å². The smallest absolute Gasteiger partial charge is 0.168 e. The van der Waals surface area contributed by atoms with Gasteiger partial charge in [0.25, 0.3) is 0 Å². The minimum absolute atomic E-state index is 0.213. The molecular weight excluding hydrogens is 264 g/mol. The Balaban J connectivity index is 2.11. The lowest BCUT2D eigenvalue weighted by molar-refractivity contribution is -0.149. The first-order valence-corrected chi connectivity index (χ1v) is 7.90. The third kappa shape index (κ3) is 3.85. The van der Waals surface area contributed by atoms with Crippen LogP contribution in [0.25, 0.3) is 0 Å². The fourth-order valence-corrected chi connectivity index (χ4v) is 3.14. The summed E-state index contributed by atoms with van der Waals surface area (Å²) in [6.07, 6.45) is 4.27. The van der Waals surface area contributed by atoms with Crippen LogP contribution >= 0.6 is 0 Å². The van der Waals surface area contributed by atoms with Crippen LogP contribution in [0.5, 0.6) is 5.75 Å². The summed E-state index contributed by atoms with van der Waals surface area (Å²) in [5, 5.41) is 0. The molecule has 0 saturated heterocycles. The van der Waals surface area contributed by atoms with E-state index in [-0.39, 0.29) is 5.78 Å². The molecule has 3 heteroatoms. The summed E-state index contributed by atoms with van der Waals surface area (Å²) in [5.41, 5.74) is 0.432. The van der Waals surface area contributed by atoms with E-state index >= 15 is 0 Å². The Kier molecular flexibility index (Phi) is 5.40. The average molecular weight is 290 g/mol. The van der Waals surface area contributed by atoms with Crippen molar-refractivity contribution in [2.75, 3.05) is 13.7 Å². The van der Waals surface area contributed by atoms with Crippen LogP contribution < -0.4 is 4.74 Å². The SMILES string of the molecule is CCOC1(C(=O)Cc2cccc(OC)c2)CCC(C)CC1. The highest BCUT2D eigenvalue weighted by molar-refractivity contribution is 5.89. The third-order valence-corrected chi connectivity index (χ3v) is 4.51. The number of carbonyl (C=O) groups is 1. The van der Waals surface area contributed by atoms with Gasteiger partial charge in [0.2, 0.25) is 0 Å². The van der Waals surface area contributed by atoms with E-state index in [0.29, 0.717) is 18.9 Å². The monoisotopic (exact) mass is 290 g/mol. The highest BCUT2D eigenvalue weighted by Gasteiger charge is 2.41. The minimum Gasteiger partial charge on any atom is -0.497 e. The largest absolute Gasteiger partial charge is 0.497 e. The van der Waals surface area contributed by atoms with Gasteiger partial charge in [-0.2, -0.15) is 0 Å². The van der Waals surface area contributed by atoms with Crippen molar-refractivity contribution in [2.24, 2.45) is 5.92 Å². The van der Waals surface area contributed by atoms with Crippen LogP contribution in [0.1, 0.15) is 45.1 Å². The van der Waals surface area contributed by atoms with Crippen LogP contribution in [0, 0.1) is 5.92 Å². The second-order valence-electron chi connectivity index (χ2n) is 6.06. The number of ether oxygens (including phenoxy) is 2. The molecule has 0 heterocycles. The van der Waals surface area contributed by atoms with Gasteiger partial charge >= 0.3 is 0 Å². The van der Waals surface area contributed by atoms with Crippen LogP contribution in [-0.2, 0) is 16.0 Å². The van der Waals surface area contributed by atoms with Crippen LogP contribution in [0.2, 0.25) is 0 Å². The molecule has 0 unspecified atom stereocenters. The van der Waals surface area contributed by atoms with E-state index in [0.717, 1.165) is 37.0 Å². The average Bonchev–Trinajstić information content (AvgIpc) is 2.50. The standard InChI is InChI=1S/C18H26O3/c1-4-21-18(10-8-14(2)9-11-18)17(19)13-15-6-5-7-16(12-15)20-3/h5-7,12,14H,4,8-11,13H2,1-3H3. The van der Waals surface area contributed by atoms with Gasteiger partial charge in [0.15, 0.2) is 5.78 Å². The summed E-state index contributed by atoms with van der Waals surface area (Å²) in [4.78, 5) is 12.8. The summed E-state index contributed by atoms with van der Waals surface area (Å²) in [6, 6.07) is 7.74. The van der Waals surface area contributed by atoms with Crippen molar-refractivity contribution < 1.29 is 14.3 Å². The Hall–Kier alpha value is -1.35. The second-order valence-corrected chi connectivity index (χ2v) is 6.06. The van der Waals surface area contributed by atoms with Gasteiger partial charge in [0, 0.05) is 13.0 Å². The number of ketones is 1. The zero-order chi connectivity index (χ0) is 15.3. The molecule has 0 amide bonds. The van der Waals surface area contributed by atoms with Crippen molar-refractivity contribution in [3.05, 3.63) is 29.8 Å². The number of hydrogen-bond acceptors (Lipinski definition) is 3. The summed E-state index contributed by atoms with van der Waals surface area (Å²) in [5.74, 6) is 1.70. The van der Waals surface area contributed by atoms with Crippen molar-refractivity contribution in [1.82, 2.24) is 0 Å². The number of carbonyl (C=O) groups excluding carboxylic acids is 1. The number of rotatable bonds is 6. The predicted molar refractivity (Wildman–Crippen MR) is 83.7 cm³/mol. The van der Waals surface area contributed by atoms with Crippen molar-refractivity contribution in [3.63, 3.8) is 0 Å². The topological polar surface area (TPSA) is 35.5 Å². The minimum atomic E-state index is -0.565. The first-order chi connectivity index (χ1) is 10.1. The van der Waals surface area contributed by atoms with Crippen molar-refractivity contribution in [3.8, 4) is 5.75 Å². The lowest BCUT2D eigenvalue weighted by atomic mass is 9.76.